The van der Waals surface area contributed by atoms with Crippen molar-refractivity contribution in [2.24, 2.45) is 0 Å². The maximum Gasteiger partial charge on any atom is 0.110 e. The first-order valence-corrected chi connectivity index (χ1v) is 4.59. The third kappa shape index (κ3) is 1.52. The van der Waals surface area contributed by atoms with E-state index in [1.165, 1.54) is 18.4 Å². The van der Waals surface area contributed by atoms with Crippen LogP contribution in [0, 0.1) is 6.61 Å². The zero-order chi connectivity index (χ0) is 9.26. The molecule has 0 aliphatic heterocycles. The van der Waals surface area contributed by atoms with Gasteiger partial charge in [0, 0.05) is 0 Å². The van der Waals surface area contributed by atoms with E-state index in [0.29, 0.717) is 5.92 Å². The summed E-state index contributed by atoms with van der Waals surface area (Å²) in [4.78, 5) is 0. The van der Waals surface area contributed by atoms with Gasteiger partial charge in [-0.25, -0.2) is 0 Å². The van der Waals surface area contributed by atoms with Crippen LogP contribution in [0.5, 0.6) is 0 Å². The summed E-state index contributed by atoms with van der Waals surface area (Å²) in [5.41, 5.74) is 3.30. The molecule has 0 saturated heterocycles. The number of benzene rings is 1. The fraction of sp³-hybridized carbons (Fsp3) is 0.250. The first-order chi connectivity index (χ1) is 6.36. The van der Waals surface area contributed by atoms with Crippen LogP contribution in [0.1, 0.15) is 35.4 Å². The lowest BCUT2D eigenvalue weighted by atomic mass is 9.98. The van der Waals surface area contributed by atoms with Gasteiger partial charge in [-0.1, -0.05) is 30.9 Å². The molecule has 1 fully saturated rings. The Morgan fingerprint density at radius 3 is 2.69 bits per heavy atom. The summed E-state index contributed by atoms with van der Waals surface area (Å²) in [6.07, 6.45) is 4.38. The highest BCUT2D eigenvalue weighted by Gasteiger charge is 2.25. The van der Waals surface area contributed by atoms with Crippen LogP contribution in [-0.4, -0.2) is 5.11 Å². The molecule has 0 bridgehead atoms. The van der Waals surface area contributed by atoms with E-state index < -0.39 is 0 Å². The van der Waals surface area contributed by atoms with Gasteiger partial charge >= 0.3 is 0 Å². The Bertz CT molecular complexity index is 324. The smallest absolute Gasteiger partial charge is 0.110 e. The van der Waals surface area contributed by atoms with Gasteiger partial charge in [0.2, 0.25) is 0 Å². The topological polar surface area (TPSA) is 20.2 Å². The maximum absolute atomic E-state index is 9.00. The molecule has 0 unspecified atom stereocenters. The van der Waals surface area contributed by atoms with Crippen LogP contribution in [0.25, 0.3) is 6.08 Å². The minimum absolute atomic E-state index is 0.702. The Labute approximate surface area is 78.7 Å². The first kappa shape index (κ1) is 8.52. The van der Waals surface area contributed by atoms with E-state index in [1.807, 2.05) is 18.2 Å². The Hall–Kier alpha value is -1.08. The molecule has 13 heavy (non-hydrogen) atoms. The fourth-order valence-electron chi connectivity index (χ4n) is 1.70. The predicted octanol–water partition coefficient (Wildman–Crippen LogP) is 3.09. The van der Waals surface area contributed by atoms with Crippen molar-refractivity contribution in [3.8, 4) is 0 Å². The van der Waals surface area contributed by atoms with Gasteiger partial charge in [0.25, 0.3) is 0 Å². The van der Waals surface area contributed by atoms with Crippen molar-refractivity contribution < 1.29 is 5.11 Å². The zero-order valence-corrected chi connectivity index (χ0v) is 7.53. The highest BCUT2D eigenvalue weighted by Crippen LogP contribution is 2.42. The van der Waals surface area contributed by atoms with Crippen molar-refractivity contribution in [2.75, 3.05) is 0 Å². The molecule has 0 atom stereocenters. The van der Waals surface area contributed by atoms with Crippen LogP contribution in [0.4, 0.5) is 0 Å². The van der Waals surface area contributed by atoms with E-state index in [0.717, 1.165) is 17.7 Å². The Morgan fingerprint density at radius 1 is 1.38 bits per heavy atom. The van der Waals surface area contributed by atoms with E-state index in [2.05, 4.69) is 12.6 Å². The molecule has 1 saturated carbocycles. The van der Waals surface area contributed by atoms with E-state index in [-0.39, 0.29) is 0 Å². The van der Waals surface area contributed by atoms with Crippen molar-refractivity contribution >= 4 is 6.08 Å². The standard InChI is InChI=1S/C12H13O/c1-2-11-10(8-13)4-3-5-12(11)9-6-7-9/h2-5,8-9,13H,1,6-7H2. The van der Waals surface area contributed by atoms with E-state index in [9.17, 15) is 0 Å². The van der Waals surface area contributed by atoms with Crippen molar-refractivity contribution in [3.05, 3.63) is 48.1 Å². The summed E-state index contributed by atoms with van der Waals surface area (Å²) in [6, 6.07) is 6.02. The summed E-state index contributed by atoms with van der Waals surface area (Å²) in [5, 5.41) is 9.00. The second-order valence-corrected chi connectivity index (χ2v) is 3.46. The van der Waals surface area contributed by atoms with E-state index in [4.69, 9.17) is 5.11 Å². The number of aliphatic hydroxyl groups is 1. The molecule has 1 aromatic rings. The summed E-state index contributed by atoms with van der Waals surface area (Å²) in [5.74, 6) is 0.702. The number of rotatable bonds is 3. The molecule has 0 spiro atoms. The van der Waals surface area contributed by atoms with Crippen LogP contribution in [0.15, 0.2) is 24.8 Å². The third-order valence-corrected chi connectivity index (χ3v) is 2.53. The van der Waals surface area contributed by atoms with Gasteiger partial charge in [-0.15, -0.1) is 0 Å². The molecule has 1 N–H and O–H groups in total. The molecule has 1 aliphatic rings. The molecule has 1 nitrogen and oxygen atoms in total. The van der Waals surface area contributed by atoms with Gasteiger partial charge < -0.3 is 5.11 Å². The quantitative estimate of drug-likeness (QED) is 0.744. The molecule has 1 heteroatoms. The minimum atomic E-state index is 0.702. The number of hydrogen-bond acceptors (Lipinski definition) is 1. The lowest BCUT2D eigenvalue weighted by molar-refractivity contribution is 0.414. The second kappa shape index (κ2) is 3.35. The highest BCUT2D eigenvalue weighted by molar-refractivity contribution is 5.59. The lowest BCUT2D eigenvalue weighted by Crippen LogP contribution is -1.92. The van der Waals surface area contributed by atoms with Gasteiger partial charge in [-0.2, -0.15) is 0 Å². The number of aliphatic hydroxyl groups excluding tert-OH is 1. The molecule has 1 aromatic carbocycles. The highest BCUT2D eigenvalue weighted by atomic mass is 16.3. The monoisotopic (exact) mass is 173 g/mol. The van der Waals surface area contributed by atoms with Crippen molar-refractivity contribution in [2.45, 2.75) is 18.8 Å². The molecule has 1 radical (unpaired) electrons. The summed E-state index contributed by atoms with van der Waals surface area (Å²) >= 11 is 0. The van der Waals surface area contributed by atoms with Crippen molar-refractivity contribution in [1.29, 1.82) is 0 Å². The van der Waals surface area contributed by atoms with Crippen molar-refractivity contribution in [1.82, 2.24) is 0 Å². The van der Waals surface area contributed by atoms with Crippen molar-refractivity contribution in [3.63, 3.8) is 0 Å². The first-order valence-electron chi connectivity index (χ1n) is 4.59. The summed E-state index contributed by atoms with van der Waals surface area (Å²) < 4.78 is 0. The molecule has 0 aromatic heterocycles. The van der Waals surface area contributed by atoms with Crippen LogP contribution < -0.4 is 0 Å². The predicted molar refractivity (Wildman–Crippen MR) is 53.8 cm³/mol. The van der Waals surface area contributed by atoms with Crippen LogP contribution in [0.3, 0.4) is 0 Å². The summed E-state index contributed by atoms with van der Waals surface area (Å²) in [6.45, 7) is 4.93. The van der Waals surface area contributed by atoms with Gasteiger partial charge in [0.15, 0.2) is 0 Å². The second-order valence-electron chi connectivity index (χ2n) is 3.46. The van der Waals surface area contributed by atoms with Gasteiger partial charge in [0.1, 0.15) is 6.61 Å². The average Bonchev–Trinajstić information content (AvgIpc) is 2.99. The molecule has 0 amide bonds. The Kier molecular flexibility index (Phi) is 2.19. The van der Waals surface area contributed by atoms with Gasteiger partial charge in [0.05, 0.1) is 0 Å². The Morgan fingerprint density at radius 2 is 2.15 bits per heavy atom. The molecule has 2 rings (SSSR count). The molecule has 0 heterocycles. The largest absolute Gasteiger partial charge is 0.385 e. The fourth-order valence-corrected chi connectivity index (χ4v) is 1.70. The van der Waals surface area contributed by atoms with E-state index in [1.54, 1.807) is 0 Å². The molecular formula is C12H13O. The zero-order valence-electron chi connectivity index (χ0n) is 7.53. The minimum Gasteiger partial charge on any atom is -0.385 e. The van der Waals surface area contributed by atoms with Crippen LogP contribution in [0.2, 0.25) is 0 Å². The SMILES string of the molecule is C=Cc1c([CH]O)cccc1C1CC1. The molecule has 1 aliphatic carbocycles. The van der Waals surface area contributed by atoms with E-state index >= 15 is 0 Å². The van der Waals surface area contributed by atoms with Crippen LogP contribution >= 0.6 is 0 Å². The van der Waals surface area contributed by atoms with Crippen LogP contribution in [-0.2, 0) is 0 Å². The normalized spacial score (nSPS) is 15.8. The van der Waals surface area contributed by atoms with Gasteiger partial charge in [-0.05, 0) is 35.4 Å². The Balaban J connectivity index is 2.47. The average molecular weight is 173 g/mol. The van der Waals surface area contributed by atoms with Gasteiger partial charge in [-0.3, -0.25) is 0 Å². The number of hydrogen-bond donors (Lipinski definition) is 1. The molecule has 67 valence electrons. The molecular weight excluding hydrogens is 160 g/mol. The maximum atomic E-state index is 9.00. The lowest BCUT2D eigenvalue weighted by Gasteiger charge is -2.08. The third-order valence-electron chi connectivity index (χ3n) is 2.53. The summed E-state index contributed by atoms with van der Waals surface area (Å²) in [7, 11) is 0.